The van der Waals surface area contributed by atoms with Gasteiger partial charge in [-0.2, -0.15) is 0 Å². The van der Waals surface area contributed by atoms with Gasteiger partial charge in [-0.1, -0.05) is 0 Å². The summed E-state index contributed by atoms with van der Waals surface area (Å²) in [7, 11) is 0. The summed E-state index contributed by atoms with van der Waals surface area (Å²) in [4.78, 5) is 25.7. The standard InChI is InChI=1S/C20H22O5Se/c1-3-25-18(22)16-11-19(2,26-15-7-5-4-6-8-15)17(21)12-20(16,23)14-9-10-24-13-14/h4-10,13,16,23H,3,11-12H2,1-2H3/t16-,19+,20+/m1/s1. The molecule has 2 aromatic rings. The number of Topliss-reactive ketones (excluding diaryl/α,β-unsaturated/α-hetero) is 1. The molecule has 0 unspecified atom stereocenters. The van der Waals surface area contributed by atoms with Crippen LogP contribution in [-0.4, -0.2) is 38.4 Å². The molecule has 1 aromatic carbocycles. The molecule has 3 atom stereocenters. The first kappa shape index (κ1) is 18.9. The zero-order chi connectivity index (χ0) is 18.8. The van der Waals surface area contributed by atoms with E-state index in [1.165, 1.54) is 12.5 Å². The molecule has 1 saturated carbocycles. The molecule has 138 valence electrons. The van der Waals surface area contributed by atoms with Crippen molar-refractivity contribution in [1.29, 1.82) is 0 Å². The van der Waals surface area contributed by atoms with Crippen LogP contribution in [-0.2, 0) is 19.9 Å². The van der Waals surface area contributed by atoms with Crippen LogP contribution in [0.25, 0.3) is 0 Å². The fourth-order valence-corrected chi connectivity index (χ4v) is 6.03. The first-order valence-corrected chi connectivity index (χ1v) is 10.3. The Balaban J connectivity index is 1.95. The number of hydrogen-bond donors (Lipinski definition) is 1. The Morgan fingerprint density at radius 3 is 2.69 bits per heavy atom. The number of hydrogen-bond acceptors (Lipinski definition) is 5. The summed E-state index contributed by atoms with van der Waals surface area (Å²) >= 11 is -0.159. The average Bonchev–Trinajstić information content (AvgIpc) is 3.15. The maximum atomic E-state index is 13.0. The number of carbonyl (C=O) groups is 2. The minimum absolute atomic E-state index is 0.0365. The molecule has 1 N–H and O–H groups in total. The van der Waals surface area contributed by atoms with Gasteiger partial charge in [0.25, 0.3) is 0 Å². The van der Waals surface area contributed by atoms with Gasteiger partial charge in [0.05, 0.1) is 0 Å². The summed E-state index contributed by atoms with van der Waals surface area (Å²) in [6.07, 6.45) is 2.95. The van der Waals surface area contributed by atoms with Crippen molar-refractivity contribution in [2.75, 3.05) is 6.61 Å². The van der Waals surface area contributed by atoms with Gasteiger partial charge in [-0.05, 0) is 0 Å². The van der Waals surface area contributed by atoms with Gasteiger partial charge in [0.1, 0.15) is 0 Å². The molecule has 3 rings (SSSR count). The van der Waals surface area contributed by atoms with Gasteiger partial charge in [0.2, 0.25) is 0 Å². The number of carbonyl (C=O) groups excluding carboxylic acids is 2. The average molecular weight is 421 g/mol. The van der Waals surface area contributed by atoms with E-state index in [4.69, 9.17) is 9.15 Å². The molecule has 0 spiro atoms. The number of benzene rings is 1. The van der Waals surface area contributed by atoms with Gasteiger partial charge in [-0.15, -0.1) is 0 Å². The first-order valence-electron chi connectivity index (χ1n) is 8.58. The van der Waals surface area contributed by atoms with E-state index in [2.05, 4.69) is 0 Å². The Morgan fingerprint density at radius 2 is 2.08 bits per heavy atom. The van der Waals surface area contributed by atoms with Gasteiger partial charge >= 0.3 is 159 Å². The summed E-state index contributed by atoms with van der Waals surface area (Å²) in [6, 6.07) is 11.4. The Labute approximate surface area is 158 Å². The first-order chi connectivity index (χ1) is 12.4. The number of ether oxygens (including phenoxy) is 1. The fourth-order valence-electron chi connectivity index (χ4n) is 3.41. The number of furan rings is 1. The van der Waals surface area contributed by atoms with E-state index in [0.29, 0.717) is 5.56 Å². The van der Waals surface area contributed by atoms with E-state index >= 15 is 0 Å². The summed E-state index contributed by atoms with van der Waals surface area (Å²) in [5.74, 6) is -1.32. The predicted molar refractivity (Wildman–Crippen MR) is 97.2 cm³/mol. The number of rotatable bonds is 5. The molecule has 1 aliphatic carbocycles. The summed E-state index contributed by atoms with van der Waals surface area (Å²) in [5.41, 5.74) is -1.15. The second-order valence-corrected chi connectivity index (χ2v) is 10.00. The molecular weight excluding hydrogens is 399 g/mol. The van der Waals surface area contributed by atoms with Crippen molar-refractivity contribution in [2.45, 2.75) is 36.6 Å². The normalized spacial score (nSPS) is 28.7. The van der Waals surface area contributed by atoms with Crippen LogP contribution in [0.4, 0.5) is 0 Å². The third-order valence-corrected chi connectivity index (χ3v) is 7.71. The summed E-state index contributed by atoms with van der Waals surface area (Å²) in [6.45, 7) is 3.85. The van der Waals surface area contributed by atoms with Gasteiger partial charge in [0, 0.05) is 0 Å². The van der Waals surface area contributed by atoms with E-state index in [9.17, 15) is 14.7 Å². The number of aliphatic hydroxyl groups is 1. The van der Waals surface area contributed by atoms with E-state index < -0.39 is 21.8 Å². The van der Waals surface area contributed by atoms with Crippen molar-refractivity contribution in [2.24, 2.45) is 5.92 Å². The van der Waals surface area contributed by atoms with E-state index in [1.54, 1.807) is 13.0 Å². The van der Waals surface area contributed by atoms with Crippen LogP contribution in [0.5, 0.6) is 0 Å². The fraction of sp³-hybridized carbons (Fsp3) is 0.400. The van der Waals surface area contributed by atoms with Crippen molar-refractivity contribution >= 4 is 31.2 Å². The van der Waals surface area contributed by atoms with Gasteiger partial charge in [-0.25, -0.2) is 0 Å². The topological polar surface area (TPSA) is 76.7 Å². The van der Waals surface area contributed by atoms with Crippen molar-refractivity contribution in [1.82, 2.24) is 0 Å². The predicted octanol–water partition coefficient (Wildman–Crippen LogP) is 2.22. The molecule has 0 saturated heterocycles. The van der Waals surface area contributed by atoms with Crippen LogP contribution in [0, 0.1) is 5.92 Å². The van der Waals surface area contributed by atoms with Crippen molar-refractivity contribution in [3.05, 3.63) is 54.5 Å². The SMILES string of the molecule is CCOC(=O)[C@H]1C[C@](C)([Se]c2ccccc2)C(=O)C[C@]1(O)c1ccoc1. The van der Waals surface area contributed by atoms with E-state index in [0.717, 1.165) is 4.46 Å². The van der Waals surface area contributed by atoms with E-state index in [-0.39, 0.29) is 40.2 Å². The zero-order valence-corrected chi connectivity index (χ0v) is 16.5. The second-order valence-electron chi connectivity index (χ2n) is 6.69. The molecule has 0 bridgehead atoms. The van der Waals surface area contributed by atoms with Crippen molar-refractivity contribution in [3.8, 4) is 0 Å². The molecule has 1 aliphatic rings. The quantitative estimate of drug-likeness (QED) is 0.592. The monoisotopic (exact) mass is 422 g/mol. The number of ketones is 1. The van der Waals surface area contributed by atoms with Crippen molar-refractivity contribution < 1.29 is 23.8 Å². The molecule has 5 nitrogen and oxygen atoms in total. The molecule has 1 fully saturated rings. The third kappa shape index (κ3) is 3.50. The van der Waals surface area contributed by atoms with E-state index in [1.807, 2.05) is 37.3 Å². The summed E-state index contributed by atoms with van der Waals surface area (Å²) in [5, 5.41) is 11.3. The molecule has 1 heterocycles. The number of esters is 1. The zero-order valence-electron chi connectivity index (χ0n) is 14.8. The molecule has 0 amide bonds. The molecule has 1 aromatic heterocycles. The van der Waals surface area contributed by atoms with Crippen LogP contribution < -0.4 is 4.46 Å². The Kier molecular flexibility index (Phi) is 5.37. The molecular formula is C20H22O5Se. The summed E-state index contributed by atoms with van der Waals surface area (Å²) < 4.78 is 10.7. The Bertz CT molecular complexity index is 773. The van der Waals surface area contributed by atoms with Crippen LogP contribution >= 0.6 is 0 Å². The Morgan fingerprint density at radius 1 is 1.35 bits per heavy atom. The second kappa shape index (κ2) is 7.39. The van der Waals surface area contributed by atoms with Crippen LogP contribution in [0.1, 0.15) is 32.3 Å². The molecule has 0 aliphatic heterocycles. The maximum absolute atomic E-state index is 13.0. The molecule has 6 heteroatoms. The van der Waals surface area contributed by atoms with Crippen LogP contribution in [0.2, 0.25) is 4.31 Å². The third-order valence-electron chi connectivity index (χ3n) is 4.87. The minimum atomic E-state index is -1.59. The molecule has 26 heavy (non-hydrogen) atoms. The van der Waals surface area contributed by atoms with Gasteiger partial charge in [0.15, 0.2) is 0 Å². The molecule has 0 radical (unpaired) electrons. The van der Waals surface area contributed by atoms with Crippen LogP contribution in [0.15, 0.2) is 53.3 Å². The van der Waals surface area contributed by atoms with Gasteiger partial charge < -0.3 is 0 Å². The van der Waals surface area contributed by atoms with Crippen molar-refractivity contribution in [3.63, 3.8) is 0 Å². The van der Waals surface area contributed by atoms with Gasteiger partial charge in [-0.3, -0.25) is 0 Å². The Hall–Kier alpha value is -1.88. The van der Waals surface area contributed by atoms with Crippen LogP contribution in [0.3, 0.4) is 0 Å².